The molecule has 2 aromatic carbocycles. The van der Waals surface area contributed by atoms with Crippen LogP contribution in [0.15, 0.2) is 67.0 Å². The fourth-order valence-electron chi connectivity index (χ4n) is 2.62. The van der Waals surface area contributed by atoms with E-state index in [0.29, 0.717) is 23.8 Å². The normalized spacial score (nSPS) is 10.6. The molecule has 1 aromatic heterocycles. The van der Waals surface area contributed by atoms with Crippen LogP contribution in [0.3, 0.4) is 0 Å². The van der Waals surface area contributed by atoms with Crippen LogP contribution in [0, 0.1) is 5.92 Å². The van der Waals surface area contributed by atoms with Gasteiger partial charge in [-0.2, -0.15) is 0 Å². The first-order valence-electron chi connectivity index (χ1n) is 9.14. The lowest BCUT2D eigenvalue weighted by Crippen LogP contribution is -2.25. The van der Waals surface area contributed by atoms with E-state index < -0.39 is 0 Å². The predicted molar refractivity (Wildman–Crippen MR) is 109 cm³/mol. The molecule has 1 amide bonds. The lowest BCUT2D eigenvalue weighted by Gasteiger charge is -2.09. The first-order chi connectivity index (χ1) is 13.1. The van der Waals surface area contributed by atoms with Crippen molar-refractivity contribution in [1.29, 1.82) is 0 Å². The van der Waals surface area contributed by atoms with Crippen molar-refractivity contribution in [1.82, 2.24) is 15.3 Å². The number of carbonyl (C=O) groups excluding carboxylic acids is 1. The highest BCUT2D eigenvalue weighted by molar-refractivity contribution is 5.94. The molecule has 5 heteroatoms. The molecule has 1 heterocycles. The molecule has 0 radical (unpaired) electrons. The van der Waals surface area contributed by atoms with Gasteiger partial charge < -0.3 is 10.6 Å². The number of anilines is 2. The van der Waals surface area contributed by atoms with Gasteiger partial charge in [-0.3, -0.25) is 4.79 Å². The molecular formula is C22H24N4O. The number of aromatic nitrogens is 2. The van der Waals surface area contributed by atoms with Gasteiger partial charge >= 0.3 is 0 Å². The van der Waals surface area contributed by atoms with E-state index in [1.54, 1.807) is 6.33 Å². The summed E-state index contributed by atoms with van der Waals surface area (Å²) < 4.78 is 0. The molecule has 5 nitrogen and oxygen atoms in total. The molecule has 3 rings (SSSR count). The third kappa shape index (κ3) is 5.38. The Balaban J connectivity index is 1.64. The van der Waals surface area contributed by atoms with Gasteiger partial charge in [-0.25, -0.2) is 9.97 Å². The Morgan fingerprint density at radius 2 is 1.74 bits per heavy atom. The van der Waals surface area contributed by atoms with E-state index in [9.17, 15) is 4.79 Å². The molecule has 0 spiro atoms. The molecule has 0 saturated heterocycles. The van der Waals surface area contributed by atoms with Crippen LogP contribution in [0.4, 0.5) is 11.5 Å². The highest BCUT2D eigenvalue weighted by Gasteiger charge is 2.06. The first kappa shape index (κ1) is 18.6. The summed E-state index contributed by atoms with van der Waals surface area (Å²) in [5.74, 6) is 1.24. The lowest BCUT2D eigenvalue weighted by molar-refractivity contribution is 0.0952. The van der Waals surface area contributed by atoms with Crippen LogP contribution >= 0.6 is 0 Å². The van der Waals surface area contributed by atoms with Crippen LogP contribution in [0.1, 0.15) is 30.6 Å². The summed E-state index contributed by atoms with van der Waals surface area (Å²) in [5.41, 5.74) is 3.41. The Morgan fingerprint density at radius 3 is 2.44 bits per heavy atom. The van der Waals surface area contributed by atoms with Crippen molar-refractivity contribution in [2.75, 3.05) is 11.9 Å². The highest BCUT2D eigenvalue weighted by Crippen LogP contribution is 2.21. The second-order valence-electron chi connectivity index (χ2n) is 6.80. The molecule has 0 aliphatic heterocycles. The highest BCUT2D eigenvalue weighted by atomic mass is 16.1. The van der Waals surface area contributed by atoms with Gasteiger partial charge in [-0.15, -0.1) is 0 Å². The molecule has 0 unspecified atom stereocenters. The van der Waals surface area contributed by atoms with Gasteiger partial charge in [0, 0.05) is 29.4 Å². The van der Waals surface area contributed by atoms with Crippen LogP contribution in [-0.2, 0) is 0 Å². The zero-order valence-electron chi connectivity index (χ0n) is 15.6. The van der Waals surface area contributed by atoms with Gasteiger partial charge in [0.2, 0.25) is 0 Å². The second-order valence-corrected chi connectivity index (χ2v) is 6.80. The van der Waals surface area contributed by atoms with Crippen molar-refractivity contribution >= 4 is 17.4 Å². The summed E-state index contributed by atoms with van der Waals surface area (Å²) in [7, 11) is 0. The molecule has 0 fully saturated rings. The maximum atomic E-state index is 12.1. The van der Waals surface area contributed by atoms with E-state index in [4.69, 9.17) is 0 Å². The molecule has 0 saturated carbocycles. The topological polar surface area (TPSA) is 66.9 Å². The Morgan fingerprint density at radius 1 is 1.00 bits per heavy atom. The van der Waals surface area contributed by atoms with E-state index in [2.05, 4.69) is 34.4 Å². The molecule has 3 aromatic rings. The number of rotatable bonds is 7. The molecule has 138 valence electrons. The molecule has 0 aliphatic rings. The molecular weight excluding hydrogens is 336 g/mol. The van der Waals surface area contributed by atoms with Crippen molar-refractivity contribution in [3.05, 3.63) is 72.6 Å². The summed E-state index contributed by atoms with van der Waals surface area (Å²) in [6.45, 7) is 4.98. The Kier molecular flexibility index (Phi) is 6.15. The van der Waals surface area contributed by atoms with Crippen molar-refractivity contribution in [3.8, 4) is 11.3 Å². The number of amides is 1. The average Bonchev–Trinajstić information content (AvgIpc) is 2.69. The number of benzene rings is 2. The number of nitrogens with one attached hydrogen (secondary N) is 2. The predicted octanol–water partition coefficient (Wildman–Crippen LogP) is 4.66. The van der Waals surface area contributed by atoms with Gasteiger partial charge in [0.1, 0.15) is 12.1 Å². The third-order valence-electron chi connectivity index (χ3n) is 4.16. The SMILES string of the molecule is CC(C)CCNC(=O)c1ccc(Nc2cc(-c3ccccc3)ncn2)cc1. The third-order valence-corrected chi connectivity index (χ3v) is 4.16. The van der Waals surface area contributed by atoms with Crippen LogP contribution in [-0.4, -0.2) is 22.4 Å². The quantitative estimate of drug-likeness (QED) is 0.643. The van der Waals surface area contributed by atoms with Gasteiger partial charge in [-0.05, 0) is 36.6 Å². The summed E-state index contributed by atoms with van der Waals surface area (Å²) in [5, 5.41) is 6.20. The first-order valence-corrected chi connectivity index (χ1v) is 9.14. The van der Waals surface area contributed by atoms with Crippen LogP contribution < -0.4 is 10.6 Å². The van der Waals surface area contributed by atoms with E-state index in [0.717, 1.165) is 23.4 Å². The van der Waals surface area contributed by atoms with Crippen molar-refractivity contribution in [2.45, 2.75) is 20.3 Å². The Labute approximate surface area is 159 Å². The second kappa shape index (κ2) is 8.94. The molecule has 0 aliphatic carbocycles. The fraction of sp³-hybridized carbons (Fsp3) is 0.227. The minimum Gasteiger partial charge on any atom is -0.352 e. The van der Waals surface area contributed by atoms with Crippen LogP contribution in [0.2, 0.25) is 0 Å². The summed E-state index contributed by atoms with van der Waals surface area (Å²) in [6.07, 6.45) is 2.52. The maximum Gasteiger partial charge on any atom is 0.251 e. The maximum absolute atomic E-state index is 12.1. The number of carbonyl (C=O) groups is 1. The standard InChI is InChI=1S/C22H24N4O/c1-16(2)12-13-23-22(27)18-8-10-19(11-9-18)26-21-14-20(24-15-25-21)17-6-4-3-5-7-17/h3-11,14-16H,12-13H2,1-2H3,(H,23,27)(H,24,25,26). The molecule has 0 bridgehead atoms. The van der Waals surface area contributed by atoms with Crippen molar-refractivity contribution in [2.24, 2.45) is 5.92 Å². The summed E-state index contributed by atoms with van der Waals surface area (Å²) >= 11 is 0. The van der Waals surface area contributed by atoms with Gasteiger partial charge in [0.25, 0.3) is 5.91 Å². The average molecular weight is 360 g/mol. The molecule has 27 heavy (non-hydrogen) atoms. The minimum absolute atomic E-state index is 0.0457. The van der Waals surface area contributed by atoms with E-state index in [1.807, 2.05) is 60.7 Å². The van der Waals surface area contributed by atoms with E-state index >= 15 is 0 Å². The van der Waals surface area contributed by atoms with Crippen molar-refractivity contribution in [3.63, 3.8) is 0 Å². The monoisotopic (exact) mass is 360 g/mol. The largest absolute Gasteiger partial charge is 0.352 e. The van der Waals surface area contributed by atoms with Crippen molar-refractivity contribution < 1.29 is 4.79 Å². The van der Waals surface area contributed by atoms with Crippen LogP contribution in [0.5, 0.6) is 0 Å². The van der Waals surface area contributed by atoms with E-state index in [-0.39, 0.29) is 5.91 Å². The number of nitrogens with zero attached hydrogens (tertiary/aromatic N) is 2. The Bertz CT molecular complexity index is 876. The lowest BCUT2D eigenvalue weighted by atomic mass is 10.1. The number of hydrogen-bond donors (Lipinski definition) is 2. The zero-order chi connectivity index (χ0) is 19.1. The van der Waals surface area contributed by atoms with Gasteiger partial charge in [0.15, 0.2) is 0 Å². The zero-order valence-corrected chi connectivity index (χ0v) is 15.6. The summed E-state index contributed by atoms with van der Waals surface area (Å²) in [4.78, 5) is 20.7. The van der Waals surface area contributed by atoms with Crippen LogP contribution in [0.25, 0.3) is 11.3 Å². The Hall–Kier alpha value is -3.21. The fourth-order valence-corrected chi connectivity index (χ4v) is 2.62. The minimum atomic E-state index is -0.0457. The summed E-state index contributed by atoms with van der Waals surface area (Å²) in [6, 6.07) is 19.2. The van der Waals surface area contributed by atoms with E-state index in [1.165, 1.54) is 0 Å². The van der Waals surface area contributed by atoms with Gasteiger partial charge in [0.05, 0.1) is 5.69 Å². The molecule has 0 atom stereocenters. The van der Waals surface area contributed by atoms with Gasteiger partial charge in [-0.1, -0.05) is 44.2 Å². The smallest absolute Gasteiger partial charge is 0.251 e. The number of hydrogen-bond acceptors (Lipinski definition) is 4. The molecule has 2 N–H and O–H groups in total.